The molecular weight excluding hydrogens is 184 g/mol. The highest BCUT2D eigenvalue weighted by Crippen LogP contribution is 2.19. The van der Waals surface area contributed by atoms with Crippen molar-refractivity contribution < 1.29 is 5.11 Å². The van der Waals surface area contributed by atoms with Crippen LogP contribution < -0.4 is 0 Å². The van der Waals surface area contributed by atoms with E-state index in [1.54, 1.807) is 37.1 Å². The molecule has 0 saturated heterocycles. The van der Waals surface area contributed by atoms with Crippen molar-refractivity contribution in [2.45, 2.75) is 6.92 Å². The van der Waals surface area contributed by atoms with E-state index in [1.165, 1.54) is 0 Å². The van der Waals surface area contributed by atoms with Crippen LogP contribution in [0.3, 0.4) is 0 Å². The summed E-state index contributed by atoms with van der Waals surface area (Å²) in [6.45, 7) is 2.04. The zero-order valence-corrected chi connectivity index (χ0v) is 8.51. The van der Waals surface area contributed by atoms with Crippen molar-refractivity contribution in [3.8, 4) is 5.75 Å². The minimum Gasteiger partial charge on any atom is -0.506 e. The van der Waals surface area contributed by atoms with E-state index in [0.717, 1.165) is 10.8 Å². The van der Waals surface area contributed by atoms with Gasteiger partial charge >= 0.3 is 0 Å². The topological polar surface area (TPSA) is 45.5 Å². The summed E-state index contributed by atoms with van der Waals surface area (Å²) in [5, 5.41) is 10.3. The van der Waals surface area contributed by atoms with Gasteiger partial charge in [0.2, 0.25) is 0 Å². The zero-order valence-electron chi connectivity index (χ0n) is 7.69. The van der Waals surface area contributed by atoms with Gasteiger partial charge in [0.15, 0.2) is 0 Å². The van der Waals surface area contributed by atoms with Gasteiger partial charge in [-0.05, 0) is 17.9 Å². The van der Waals surface area contributed by atoms with Crippen LogP contribution in [0.1, 0.15) is 12.6 Å². The summed E-state index contributed by atoms with van der Waals surface area (Å²) >= 11 is 1.57. The van der Waals surface area contributed by atoms with Gasteiger partial charge in [0.1, 0.15) is 16.5 Å². The fourth-order valence-corrected chi connectivity index (χ4v) is 1.63. The van der Waals surface area contributed by atoms with Gasteiger partial charge in [-0.3, -0.25) is 9.98 Å². The van der Waals surface area contributed by atoms with E-state index in [9.17, 15) is 5.11 Å². The van der Waals surface area contributed by atoms with Crippen LogP contribution in [-0.2, 0) is 0 Å². The predicted octanol–water partition coefficient (Wildman–Crippen LogP) is 1.92. The molecular formula is C9H12N2OS. The Morgan fingerprint density at radius 3 is 3.00 bits per heavy atom. The normalized spacial score (nSPS) is 11.7. The predicted molar refractivity (Wildman–Crippen MR) is 56.5 cm³/mol. The summed E-state index contributed by atoms with van der Waals surface area (Å²) in [5.74, 6) is 1.10. The third kappa shape index (κ3) is 2.45. The van der Waals surface area contributed by atoms with Crippen molar-refractivity contribution in [2.75, 3.05) is 12.8 Å². The monoisotopic (exact) mass is 196 g/mol. The Balaban J connectivity index is 2.99. The van der Waals surface area contributed by atoms with Crippen LogP contribution in [0.15, 0.2) is 23.3 Å². The highest BCUT2D eigenvalue weighted by atomic mass is 32.2. The lowest BCUT2D eigenvalue weighted by Crippen LogP contribution is -1.99. The number of pyridine rings is 1. The first-order chi connectivity index (χ1) is 6.29. The van der Waals surface area contributed by atoms with Crippen molar-refractivity contribution in [3.63, 3.8) is 0 Å². The zero-order chi connectivity index (χ0) is 9.68. The lowest BCUT2D eigenvalue weighted by molar-refractivity contribution is 0.471. The number of hydrogen-bond acceptors (Lipinski definition) is 4. The van der Waals surface area contributed by atoms with Gasteiger partial charge in [-0.25, -0.2) is 0 Å². The van der Waals surface area contributed by atoms with E-state index in [0.29, 0.717) is 5.69 Å². The third-order valence-corrected chi connectivity index (χ3v) is 2.41. The number of aromatic nitrogens is 1. The van der Waals surface area contributed by atoms with Gasteiger partial charge in [0.05, 0.1) is 0 Å². The van der Waals surface area contributed by atoms with Crippen molar-refractivity contribution in [1.29, 1.82) is 0 Å². The molecule has 0 fully saturated rings. The number of thioether (sulfide) groups is 1. The molecule has 1 N–H and O–H groups in total. The molecule has 1 aromatic heterocycles. The van der Waals surface area contributed by atoms with E-state index in [2.05, 4.69) is 9.98 Å². The summed E-state index contributed by atoms with van der Waals surface area (Å²) in [6.07, 6.45) is 1.65. The molecule has 0 amide bonds. The molecule has 70 valence electrons. The summed E-state index contributed by atoms with van der Waals surface area (Å²) in [4.78, 5) is 8.13. The first kappa shape index (κ1) is 10.1. The van der Waals surface area contributed by atoms with Crippen LogP contribution in [0.5, 0.6) is 5.75 Å². The lowest BCUT2D eigenvalue weighted by atomic mass is 10.3. The Morgan fingerprint density at radius 1 is 1.69 bits per heavy atom. The molecule has 0 aliphatic carbocycles. The maximum atomic E-state index is 9.48. The fraction of sp³-hybridized carbons (Fsp3) is 0.333. The van der Waals surface area contributed by atoms with Crippen LogP contribution in [0.4, 0.5) is 0 Å². The van der Waals surface area contributed by atoms with E-state index in [1.807, 2.05) is 6.92 Å². The summed E-state index contributed by atoms with van der Waals surface area (Å²) in [5.41, 5.74) is 0.567. The molecule has 0 atom stereocenters. The second-order valence-corrected chi connectivity index (χ2v) is 3.59. The Morgan fingerprint density at radius 2 is 2.46 bits per heavy atom. The quantitative estimate of drug-likeness (QED) is 0.580. The summed E-state index contributed by atoms with van der Waals surface area (Å²) < 4.78 is 0. The Labute approximate surface area is 81.9 Å². The van der Waals surface area contributed by atoms with Crippen molar-refractivity contribution in [2.24, 2.45) is 4.99 Å². The van der Waals surface area contributed by atoms with Crippen molar-refractivity contribution in [1.82, 2.24) is 4.98 Å². The van der Waals surface area contributed by atoms with Crippen LogP contribution in [0, 0.1) is 0 Å². The molecule has 0 aromatic carbocycles. The van der Waals surface area contributed by atoms with Crippen molar-refractivity contribution >= 4 is 16.8 Å². The second kappa shape index (κ2) is 4.87. The standard InChI is InChI=1S/C9H12N2OS/c1-3-13-9(10-2)8-7(12)5-4-6-11-8/h4-6,12H,3H2,1-2H3. The maximum Gasteiger partial charge on any atom is 0.144 e. The Hall–Kier alpha value is -1.03. The second-order valence-electron chi connectivity index (χ2n) is 2.33. The lowest BCUT2D eigenvalue weighted by Gasteiger charge is -2.03. The minimum atomic E-state index is 0.184. The van der Waals surface area contributed by atoms with Crippen LogP contribution in [-0.4, -0.2) is 27.9 Å². The summed E-state index contributed by atoms with van der Waals surface area (Å²) in [6, 6.07) is 3.31. The van der Waals surface area contributed by atoms with E-state index in [-0.39, 0.29) is 5.75 Å². The van der Waals surface area contributed by atoms with E-state index >= 15 is 0 Å². The van der Waals surface area contributed by atoms with Gasteiger partial charge < -0.3 is 5.11 Å². The number of nitrogens with zero attached hydrogens (tertiary/aromatic N) is 2. The van der Waals surface area contributed by atoms with Gasteiger partial charge in [-0.2, -0.15) is 0 Å². The molecule has 0 aliphatic rings. The van der Waals surface area contributed by atoms with Crippen LogP contribution in [0.25, 0.3) is 0 Å². The molecule has 0 radical (unpaired) electrons. The first-order valence-corrected chi connectivity index (χ1v) is 5.02. The molecule has 1 aromatic rings. The Kier molecular flexibility index (Phi) is 3.76. The fourth-order valence-electron chi connectivity index (χ4n) is 0.937. The third-order valence-electron chi connectivity index (χ3n) is 1.47. The molecule has 0 bridgehead atoms. The molecule has 4 heteroatoms. The number of hydrogen-bond donors (Lipinski definition) is 1. The van der Waals surface area contributed by atoms with Crippen LogP contribution in [0.2, 0.25) is 0 Å². The molecule has 0 unspecified atom stereocenters. The maximum absolute atomic E-state index is 9.48. The van der Waals surface area contributed by atoms with Gasteiger partial charge in [-0.15, -0.1) is 11.8 Å². The number of aliphatic imine (C=N–C) groups is 1. The molecule has 0 spiro atoms. The smallest absolute Gasteiger partial charge is 0.144 e. The number of rotatable bonds is 2. The molecule has 1 heterocycles. The molecule has 13 heavy (non-hydrogen) atoms. The number of aromatic hydroxyl groups is 1. The van der Waals surface area contributed by atoms with Crippen molar-refractivity contribution in [3.05, 3.63) is 24.0 Å². The molecule has 0 aliphatic heterocycles. The SMILES string of the molecule is CCSC(=NC)c1ncccc1O. The van der Waals surface area contributed by atoms with E-state index < -0.39 is 0 Å². The highest BCUT2D eigenvalue weighted by Gasteiger charge is 2.08. The molecule has 3 nitrogen and oxygen atoms in total. The summed E-state index contributed by atoms with van der Waals surface area (Å²) in [7, 11) is 1.70. The van der Waals surface area contributed by atoms with E-state index in [4.69, 9.17) is 0 Å². The van der Waals surface area contributed by atoms with Gasteiger partial charge in [0, 0.05) is 13.2 Å². The minimum absolute atomic E-state index is 0.184. The first-order valence-electron chi connectivity index (χ1n) is 4.03. The average Bonchev–Trinajstić information content (AvgIpc) is 2.16. The van der Waals surface area contributed by atoms with Gasteiger partial charge in [0.25, 0.3) is 0 Å². The molecule has 1 rings (SSSR count). The van der Waals surface area contributed by atoms with Gasteiger partial charge in [-0.1, -0.05) is 6.92 Å². The van der Waals surface area contributed by atoms with Crippen LogP contribution >= 0.6 is 11.8 Å². The molecule has 0 saturated carbocycles. The largest absolute Gasteiger partial charge is 0.506 e. The average molecular weight is 196 g/mol. The Bertz CT molecular complexity index is 312. The highest BCUT2D eigenvalue weighted by molar-refractivity contribution is 8.14.